The summed E-state index contributed by atoms with van der Waals surface area (Å²) in [5.74, 6) is 0.766. The Morgan fingerprint density at radius 1 is 1.50 bits per heavy atom. The van der Waals surface area contributed by atoms with Gasteiger partial charge in [0.1, 0.15) is 11.8 Å². The smallest absolute Gasteiger partial charge is 0.129 e. The van der Waals surface area contributed by atoms with E-state index >= 15 is 0 Å². The maximum atomic E-state index is 8.89. The standard InChI is InChI=1S/C11H10N2O/c1-2-14-10-5-3-4-9-11(10)8(6-12)7-13-9/h3-5,7,13H,2H2,1H3. The van der Waals surface area contributed by atoms with Crippen molar-refractivity contribution in [1.82, 2.24) is 4.98 Å². The van der Waals surface area contributed by atoms with Crippen LogP contribution < -0.4 is 4.74 Å². The van der Waals surface area contributed by atoms with Gasteiger partial charge in [0.2, 0.25) is 0 Å². The quantitative estimate of drug-likeness (QED) is 0.783. The third-order valence-electron chi connectivity index (χ3n) is 2.09. The van der Waals surface area contributed by atoms with E-state index in [-0.39, 0.29) is 0 Å². The summed E-state index contributed by atoms with van der Waals surface area (Å²) in [5, 5.41) is 9.76. The lowest BCUT2D eigenvalue weighted by Gasteiger charge is -2.03. The van der Waals surface area contributed by atoms with E-state index in [1.54, 1.807) is 6.20 Å². The molecule has 3 heteroatoms. The molecular formula is C11H10N2O. The molecule has 0 aliphatic carbocycles. The number of aromatic nitrogens is 1. The molecule has 0 bridgehead atoms. The summed E-state index contributed by atoms with van der Waals surface area (Å²) in [7, 11) is 0. The summed E-state index contributed by atoms with van der Waals surface area (Å²) in [6.45, 7) is 2.53. The van der Waals surface area contributed by atoms with E-state index in [0.29, 0.717) is 12.2 Å². The molecule has 0 aliphatic heterocycles. The second-order valence-electron chi connectivity index (χ2n) is 2.93. The van der Waals surface area contributed by atoms with Crippen molar-refractivity contribution in [3.05, 3.63) is 30.0 Å². The molecule has 0 fully saturated rings. The first-order chi connectivity index (χ1) is 6.86. The van der Waals surface area contributed by atoms with Gasteiger partial charge in [0.15, 0.2) is 0 Å². The minimum absolute atomic E-state index is 0.606. The van der Waals surface area contributed by atoms with Gasteiger partial charge < -0.3 is 9.72 Å². The first kappa shape index (κ1) is 8.64. The lowest BCUT2D eigenvalue weighted by molar-refractivity contribution is 0.344. The van der Waals surface area contributed by atoms with E-state index in [0.717, 1.165) is 16.7 Å². The molecule has 2 aromatic rings. The number of nitrogens with zero attached hydrogens (tertiary/aromatic N) is 1. The monoisotopic (exact) mass is 186 g/mol. The molecule has 70 valence electrons. The molecule has 0 atom stereocenters. The van der Waals surface area contributed by atoms with Crippen LogP contribution in [0, 0.1) is 11.3 Å². The molecular weight excluding hydrogens is 176 g/mol. The maximum absolute atomic E-state index is 8.89. The Morgan fingerprint density at radius 3 is 3.07 bits per heavy atom. The van der Waals surface area contributed by atoms with Gasteiger partial charge in [-0.05, 0) is 19.1 Å². The van der Waals surface area contributed by atoms with Gasteiger partial charge in [-0.15, -0.1) is 0 Å². The zero-order valence-corrected chi connectivity index (χ0v) is 7.87. The summed E-state index contributed by atoms with van der Waals surface area (Å²) in [4.78, 5) is 3.04. The highest BCUT2D eigenvalue weighted by Gasteiger charge is 2.07. The SMILES string of the molecule is CCOc1cccc2[nH]cc(C#N)c12. The van der Waals surface area contributed by atoms with Gasteiger partial charge in [0, 0.05) is 6.20 Å². The Labute approximate surface area is 81.9 Å². The second-order valence-corrected chi connectivity index (χ2v) is 2.93. The van der Waals surface area contributed by atoms with Crippen molar-refractivity contribution in [3.63, 3.8) is 0 Å². The molecule has 0 unspecified atom stereocenters. The van der Waals surface area contributed by atoms with E-state index < -0.39 is 0 Å². The molecule has 2 rings (SSSR count). The number of aromatic amines is 1. The van der Waals surface area contributed by atoms with E-state index in [2.05, 4.69) is 11.1 Å². The van der Waals surface area contributed by atoms with Gasteiger partial charge in [-0.2, -0.15) is 5.26 Å². The number of fused-ring (bicyclic) bond motifs is 1. The zero-order chi connectivity index (χ0) is 9.97. The van der Waals surface area contributed by atoms with Gasteiger partial charge in [0.25, 0.3) is 0 Å². The first-order valence-electron chi connectivity index (χ1n) is 4.49. The lowest BCUT2D eigenvalue weighted by atomic mass is 10.2. The van der Waals surface area contributed by atoms with Crippen molar-refractivity contribution in [1.29, 1.82) is 5.26 Å². The van der Waals surface area contributed by atoms with Crippen LogP contribution in [0.5, 0.6) is 5.75 Å². The van der Waals surface area contributed by atoms with Crippen molar-refractivity contribution < 1.29 is 4.74 Å². The largest absolute Gasteiger partial charge is 0.493 e. The Kier molecular flexibility index (Phi) is 2.11. The number of ether oxygens (including phenoxy) is 1. The molecule has 1 aromatic heterocycles. The molecule has 0 aliphatic rings. The summed E-state index contributed by atoms with van der Waals surface area (Å²) in [6, 6.07) is 7.85. The summed E-state index contributed by atoms with van der Waals surface area (Å²) in [6.07, 6.45) is 1.70. The van der Waals surface area contributed by atoms with Crippen LogP contribution in [0.4, 0.5) is 0 Å². The van der Waals surface area contributed by atoms with Gasteiger partial charge >= 0.3 is 0 Å². The van der Waals surface area contributed by atoms with Crippen LogP contribution in [0.3, 0.4) is 0 Å². The summed E-state index contributed by atoms with van der Waals surface area (Å²) in [5.41, 5.74) is 1.57. The Hall–Kier alpha value is -1.95. The van der Waals surface area contributed by atoms with Gasteiger partial charge in [0.05, 0.1) is 23.1 Å². The highest BCUT2D eigenvalue weighted by molar-refractivity contribution is 5.91. The van der Waals surface area contributed by atoms with Crippen LogP contribution in [-0.4, -0.2) is 11.6 Å². The number of nitriles is 1. The Bertz CT molecular complexity index is 493. The topological polar surface area (TPSA) is 48.8 Å². The highest BCUT2D eigenvalue weighted by Crippen LogP contribution is 2.28. The molecule has 0 saturated heterocycles. The van der Waals surface area contributed by atoms with Crippen LogP contribution in [0.25, 0.3) is 10.9 Å². The Balaban J connectivity index is 2.70. The lowest BCUT2D eigenvalue weighted by Crippen LogP contribution is -1.91. The number of H-pyrrole nitrogens is 1. The third kappa shape index (κ3) is 1.21. The fourth-order valence-corrected chi connectivity index (χ4v) is 1.52. The zero-order valence-electron chi connectivity index (χ0n) is 7.87. The minimum atomic E-state index is 0.606. The van der Waals surface area contributed by atoms with Crippen LogP contribution in [0.2, 0.25) is 0 Å². The maximum Gasteiger partial charge on any atom is 0.129 e. The number of benzene rings is 1. The van der Waals surface area contributed by atoms with Crippen molar-refractivity contribution in [3.8, 4) is 11.8 Å². The average Bonchev–Trinajstić information content (AvgIpc) is 2.62. The van der Waals surface area contributed by atoms with E-state index in [1.165, 1.54) is 0 Å². The van der Waals surface area contributed by atoms with Crippen LogP contribution in [0.15, 0.2) is 24.4 Å². The van der Waals surface area contributed by atoms with Crippen LogP contribution in [-0.2, 0) is 0 Å². The predicted molar refractivity (Wildman–Crippen MR) is 54.2 cm³/mol. The predicted octanol–water partition coefficient (Wildman–Crippen LogP) is 2.44. The van der Waals surface area contributed by atoms with Crippen molar-refractivity contribution in [2.24, 2.45) is 0 Å². The third-order valence-corrected chi connectivity index (χ3v) is 2.09. The van der Waals surface area contributed by atoms with E-state index in [4.69, 9.17) is 10.00 Å². The molecule has 3 nitrogen and oxygen atoms in total. The van der Waals surface area contributed by atoms with Crippen molar-refractivity contribution in [2.75, 3.05) is 6.61 Å². The fraction of sp³-hybridized carbons (Fsp3) is 0.182. The second kappa shape index (κ2) is 3.43. The van der Waals surface area contributed by atoms with Gasteiger partial charge in [-0.3, -0.25) is 0 Å². The van der Waals surface area contributed by atoms with Gasteiger partial charge in [-0.1, -0.05) is 6.07 Å². The van der Waals surface area contributed by atoms with Crippen LogP contribution in [0.1, 0.15) is 12.5 Å². The average molecular weight is 186 g/mol. The van der Waals surface area contributed by atoms with E-state index in [1.807, 2.05) is 25.1 Å². The molecule has 1 N–H and O–H groups in total. The summed E-state index contributed by atoms with van der Waals surface area (Å²) >= 11 is 0. The van der Waals surface area contributed by atoms with Crippen molar-refractivity contribution >= 4 is 10.9 Å². The molecule has 14 heavy (non-hydrogen) atoms. The molecule has 0 spiro atoms. The molecule has 0 amide bonds. The van der Waals surface area contributed by atoms with Crippen LogP contribution >= 0.6 is 0 Å². The highest BCUT2D eigenvalue weighted by atomic mass is 16.5. The summed E-state index contributed by atoms with van der Waals surface area (Å²) < 4.78 is 5.45. The number of hydrogen-bond donors (Lipinski definition) is 1. The normalized spacial score (nSPS) is 10.0. The fourth-order valence-electron chi connectivity index (χ4n) is 1.52. The molecule has 1 aromatic carbocycles. The minimum Gasteiger partial charge on any atom is -0.493 e. The molecule has 0 radical (unpaired) electrons. The Morgan fingerprint density at radius 2 is 2.36 bits per heavy atom. The number of rotatable bonds is 2. The van der Waals surface area contributed by atoms with Crippen molar-refractivity contribution in [2.45, 2.75) is 6.92 Å². The first-order valence-corrected chi connectivity index (χ1v) is 4.49. The van der Waals surface area contributed by atoms with E-state index in [9.17, 15) is 0 Å². The number of hydrogen-bond acceptors (Lipinski definition) is 2. The van der Waals surface area contributed by atoms with Gasteiger partial charge in [-0.25, -0.2) is 0 Å². The number of nitrogens with one attached hydrogen (secondary N) is 1. The molecule has 1 heterocycles. The molecule has 0 saturated carbocycles.